The fraction of sp³-hybridized carbons (Fsp3) is 0.385. The Bertz CT molecular complexity index is 646. The minimum Gasteiger partial charge on any atom is -0.394 e. The maximum Gasteiger partial charge on any atom is 0.149 e. The van der Waals surface area contributed by atoms with Crippen LogP contribution in [0.5, 0.6) is 0 Å². The average molecular weight is 258 g/mol. The summed E-state index contributed by atoms with van der Waals surface area (Å²) in [5, 5.41) is 9.98. The normalized spacial score (nSPS) is 26.6. The predicted octanol–water partition coefficient (Wildman–Crippen LogP) is 0.543. The Morgan fingerprint density at radius 3 is 3.16 bits per heavy atom. The quantitative estimate of drug-likeness (QED) is 0.768. The molecule has 2 aromatic heterocycles. The lowest BCUT2D eigenvalue weighted by Gasteiger charge is -2.17. The number of ether oxygens (including phenoxy) is 1. The van der Waals surface area contributed by atoms with E-state index in [2.05, 4.69) is 15.9 Å². The first-order valence-electron chi connectivity index (χ1n) is 6.04. The Hall–Kier alpha value is -2.10. The highest BCUT2D eigenvalue weighted by Gasteiger charge is 2.35. The highest BCUT2D eigenvalue weighted by Crippen LogP contribution is 2.36. The Labute approximate surface area is 110 Å². The zero-order chi connectivity index (χ0) is 13.4. The van der Waals surface area contributed by atoms with Crippen LogP contribution in [0.1, 0.15) is 12.6 Å². The van der Waals surface area contributed by atoms with Crippen molar-refractivity contribution in [3.05, 3.63) is 18.6 Å². The van der Waals surface area contributed by atoms with E-state index in [1.807, 2.05) is 16.8 Å². The van der Waals surface area contributed by atoms with Gasteiger partial charge in [-0.15, -0.1) is 6.42 Å². The largest absolute Gasteiger partial charge is 0.394 e. The summed E-state index contributed by atoms with van der Waals surface area (Å²) in [5.41, 5.74) is 6.49. The minimum atomic E-state index is -0.325. The Balaban J connectivity index is 2.05. The van der Waals surface area contributed by atoms with Crippen molar-refractivity contribution in [3.63, 3.8) is 0 Å². The molecule has 3 unspecified atom stereocenters. The Kier molecular flexibility index (Phi) is 2.85. The van der Waals surface area contributed by atoms with Crippen LogP contribution in [0.2, 0.25) is 0 Å². The summed E-state index contributed by atoms with van der Waals surface area (Å²) in [6.07, 6.45) is 8.87. The predicted molar refractivity (Wildman–Crippen MR) is 69.9 cm³/mol. The second-order valence-corrected chi connectivity index (χ2v) is 4.56. The molecular weight excluding hydrogens is 244 g/mol. The number of nitrogen functional groups attached to an aromatic ring is 1. The van der Waals surface area contributed by atoms with E-state index in [0.29, 0.717) is 17.9 Å². The van der Waals surface area contributed by atoms with Gasteiger partial charge in [0.2, 0.25) is 0 Å². The van der Waals surface area contributed by atoms with Gasteiger partial charge in [0.25, 0.3) is 0 Å². The molecule has 1 fully saturated rings. The van der Waals surface area contributed by atoms with Crippen molar-refractivity contribution in [3.8, 4) is 12.3 Å². The molecule has 3 atom stereocenters. The molecule has 1 aliphatic heterocycles. The molecule has 19 heavy (non-hydrogen) atoms. The van der Waals surface area contributed by atoms with Crippen molar-refractivity contribution < 1.29 is 9.84 Å². The van der Waals surface area contributed by atoms with E-state index in [1.54, 1.807) is 0 Å². The van der Waals surface area contributed by atoms with Crippen LogP contribution in [0.15, 0.2) is 18.6 Å². The van der Waals surface area contributed by atoms with Gasteiger partial charge in [-0.3, -0.25) is 0 Å². The third-order valence-corrected chi connectivity index (χ3v) is 3.42. The number of terminal acetylenes is 1. The molecule has 0 aliphatic carbocycles. The average Bonchev–Trinajstić information content (AvgIpc) is 3.02. The topological polar surface area (TPSA) is 86.2 Å². The molecule has 6 heteroatoms. The van der Waals surface area contributed by atoms with Crippen LogP contribution in [0.4, 0.5) is 5.82 Å². The molecule has 0 amide bonds. The van der Waals surface area contributed by atoms with Crippen molar-refractivity contribution in [2.24, 2.45) is 5.92 Å². The third kappa shape index (κ3) is 1.84. The van der Waals surface area contributed by atoms with Gasteiger partial charge < -0.3 is 20.1 Å². The van der Waals surface area contributed by atoms with Gasteiger partial charge in [0.15, 0.2) is 0 Å². The van der Waals surface area contributed by atoms with Crippen molar-refractivity contribution in [2.45, 2.75) is 18.8 Å². The first-order chi connectivity index (χ1) is 9.24. The van der Waals surface area contributed by atoms with Gasteiger partial charge >= 0.3 is 0 Å². The standard InChI is InChI=1S/C13H14N4O2/c1-2-8-5-9(6-18)19-13(8)17-4-3-10-11(14)15-7-16-12(10)17/h1,3-4,7-9,13,18H,5-6H2,(H2,14,15,16). The van der Waals surface area contributed by atoms with E-state index in [1.165, 1.54) is 6.33 Å². The highest BCUT2D eigenvalue weighted by atomic mass is 16.5. The number of fused-ring (bicyclic) bond motifs is 1. The van der Waals surface area contributed by atoms with Crippen LogP contribution in [0.25, 0.3) is 11.0 Å². The number of anilines is 1. The van der Waals surface area contributed by atoms with Crippen LogP contribution < -0.4 is 5.73 Å². The monoisotopic (exact) mass is 258 g/mol. The smallest absolute Gasteiger partial charge is 0.149 e. The fourth-order valence-electron chi connectivity index (χ4n) is 2.47. The molecule has 1 saturated heterocycles. The SMILES string of the molecule is C#CC1CC(CO)OC1n1ccc2c(N)ncnc21. The number of hydrogen-bond acceptors (Lipinski definition) is 5. The molecule has 0 spiro atoms. The van der Waals surface area contributed by atoms with Crippen LogP contribution >= 0.6 is 0 Å². The number of rotatable bonds is 2. The van der Waals surface area contributed by atoms with Crippen molar-refractivity contribution in [1.82, 2.24) is 14.5 Å². The summed E-state index contributed by atoms with van der Waals surface area (Å²) >= 11 is 0. The lowest BCUT2D eigenvalue weighted by molar-refractivity contribution is -0.0260. The molecule has 0 saturated carbocycles. The van der Waals surface area contributed by atoms with Crippen molar-refractivity contribution in [1.29, 1.82) is 0 Å². The summed E-state index contributed by atoms with van der Waals surface area (Å²) in [4.78, 5) is 8.18. The van der Waals surface area contributed by atoms with Gasteiger partial charge in [-0.05, 0) is 12.5 Å². The summed E-state index contributed by atoms with van der Waals surface area (Å²) < 4.78 is 7.63. The van der Waals surface area contributed by atoms with Crippen molar-refractivity contribution in [2.75, 3.05) is 12.3 Å². The Morgan fingerprint density at radius 1 is 1.58 bits per heavy atom. The molecule has 1 aliphatic rings. The molecule has 2 aromatic rings. The van der Waals surface area contributed by atoms with Gasteiger partial charge in [0.1, 0.15) is 24.0 Å². The van der Waals surface area contributed by atoms with Gasteiger partial charge in [0, 0.05) is 6.20 Å². The lowest BCUT2D eigenvalue weighted by Crippen LogP contribution is -2.15. The maximum absolute atomic E-state index is 9.20. The van der Waals surface area contributed by atoms with E-state index in [-0.39, 0.29) is 24.9 Å². The second kappa shape index (κ2) is 4.53. The molecule has 0 radical (unpaired) electrons. The van der Waals surface area contributed by atoms with Gasteiger partial charge in [-0.25, -0.2) is 9.97 Å². The van der Waals surface area contributed by atoms with Crippen LogP contribution in [0.3, 0.4) is 0 Å². The number of aromatic nitrogens is 3. The molecule has 98 valence electrons. The number of nitrogens with two attached hydrogens (primary N) is 1. The molecule has 0 bridgehead atoms. The second-order valence-electron chi connectivity index (χ2n) is 4.56. The van der Waals surface area contributed by atoms with Gasteiger partial charge in [0.05, 0.1) is 24.0 Å². The van der Waals surface area contributed by atoms with Gasteiger partial charge in [-0.2, -0.15) is 0 Å². The van der Waals surface area contributed by atoms with E-state index >= 15 is 0 Å². The number of aliphatic hydroxyl groups excluding tert-OH is 1. The Morgan fingerprint density at radius 2 is 2.42 bits per heavy atom. The molecular formula is C13H14N4O2. The van der Waals surface area contributed by atoms with Gasteiger partial charge in [-0.1, -0.05) is 5.92 Å². The number of hydrogen-bond donors (Lipinski definition) is 2. The number of aliphatic hydroxyl groups is 1. The summed E-state index contributed by atoms with van der Waals surface area (Å²) in [6.45, 7) is -0.0367. The van der Waals surface area contributed by atoms with E-state index in [4.69, 9.17) is 16.9 Å². The molecule has 0 aromatic carbocycles. The van der Waals surface area contributed by atoms with Crippen LogP contribution in [0, 0.1) is 18.3 Å². The lowest BCUT2D eigenvalue weighted by atomic mass is 10.0. The first kappa shape index (κ1) is 12.0. The van der Waals surface area contributed by atoms with E-state index < -0.39 is 0 Å². The van der Waals surface area contributed by atoms with E-state index in [0.717, 1.165) is 5.39 Å². The summed E-state index contributed by atoms with van der Waals surface area (Å²) in [6, 6.07) is 1.84. The molecule has 6 nitrogen and oxygen atoms in total. The van der Waals surface area contributed by atoms with E-state index in [9.17, 15) is 5.11 Å². The van der Waals surface area contributed by atoms with Crippen LogP contribution in [-0.2, 0) is 4.74 Å². The summed E-state index contributed by atoms with van der Waals surface area (Å²) in [7, 11) is 0. The zero-order valence-corrected chi connectivity index (χ0v) is 10.2. The fourth-order valence-corrected chi connectivity index (χ4v) is 2.47. The number of nitrogens with zero attached hydrogens (tertiary/aromatic N) is 3. The highest BCUT2D eigenvalue weighted by molar-refractivity contribution is 5.86. The zero-order valence-electron chi connectivity index (χ0n) is 10.2. The first-order valence-corrected chi connectivity index (χ1v) is 6.04. The third-order valence-electron chi connectivity index (χ3n) is 3.42. The summed E-state index contributed by atoms with van der Waals surface area (Å²) in [5.74, 6) is 3.05. The van der Waals surface area contributed by atoms with Crippen LogP contribution in [-0.4, -0.2) is 32.4 Å². The minimum absolute atomic E-state index is 0.0367. The molecule has 3 rings (SSSR count). The molecule has 3 N–H and O–H groups in total. The molecule has 3 heterocycles. The maximum atomic E-state index is 9.20. The van der Waals surface area contributed by atoms with Crippen molar-refractivity contribution >= 4 is 16.9 Å².